The molecule has 0 bridgehead atoms. The molecule has 0 spiro atoms. The molecule has 1 aliphatic rings. The highest BCUT2D eigenvalue weighted by molar-refractivity contribution is 5.78. The van der Waals surface area contributed by atoms with Crippen LogP contribution in [-0.4, -0.2) is 46.9 Å². The molecule has 1 aromatic heterocycles. The number of carbonyl (C=O) groups is 1. The Kier molecular flexibility index (Phi) is 5.76. The summed E-state index contributed by atoms with van der Waals surface area (Å²) in [6, 6.07) is 13.7. The van der Waals surface area contributed by atoms with Crippen molar-refractivity contribution in [2.45, 2.75) is 19.4 Å². The van der Waals surface area contributed by atoms with E-state index in [2.05, 4.69) is 16.0 Å². The Morgan fingerprint density at radius 3 is 2.64 bits per heavy atom. The molecule has 0 unspecified atom stereocenters. The van der Waals surface area contributed by atoms with Gasteiger partial charge in [0.2, 0.25) is 5.91 Å². The molecule has 5 nitrogen and oxygen atoms in total. The summed E-state index contributed by atoms with van der Waals surface area (Å²) >= 11 is 0. The molecule has 0 N–H and O–H groups in total. The number of carbonyl (C=O) groups excluding carboxylic acids is 1. The van der Waals surface area contributed by atoms with Crippen LogP contribution in [0.25, 0.3) is 0 Å². The van der Waals surface area contributed by atoms with Crippen LogP contribution in [0.1, 0.15) is 23.1 Å². The zero-order valence-corrected chi connectivity index (χ0v) is 14.3. The Morgan fingerprint density at radius 1 is 1.08 bits per heavy atom. The summed E-state index contributed by atoms with van der Waals surface area (Å²) in [5, 5.41) is 8.87. The molecular weight excluding hydrogens is 312 g/mol. The van der Waals surface area contributed by atoms with Crippen LogP contribution in [0.4, 0.5) is 0 Å². The molecule has 0 aliphatic carbocycles. The Labute approximate surface area is 148 Å². The van der Waals surface area contributed by atoms with Gasteiger partial charge in [0, 0.05) is 45.1 Å². The maximum absolute atomic E-state index is 12.5. The quantitative estimate of drug-likeness (QED) is 0.860. The van der Waals surface area contributed by atoms with Crippen molar-refractivity contribution in [1.29, 1.82) is 5.26 Å². The van der Waals surface area contributed by atoms with Crippen molar-refractivity contribution < 1.29 is 4.79 Å². The first-order valence-corrected chi connectivity index (χ1v) is 8.62. The topological polar surface area (TPSA) is 60.2 Å². The number of benzene rings is 1. The van der Waals surface area contributed by atoms with Crippen molar-refractivity contribution in [2.24, 2.45) is 0 Å². The van der Waals surface area contributed by atoms with Gasteiger partial charge < -0.3 is 4.90 Å². The molecule has 1 fully saturated rings. The zero-order valence-electron chi connectivity index (χ0n) is 14.3. The Bertz CT molecular complexity index is 737. The molecule has 1 saturated heterocycles. The fraction of sp³-hybridized carbons (Fsp3) is 0.350. The van der Waals surface area contributed by atoms with Gasteiger partial charge in [-0.25, -0.2) is 0 Å². The molecule has 128 valence electrons. The second-order valence-corrected chi connectivity index (χ2v) is 6.36. The zero-order chi connectivity index (χ0) is 17.5. The van der Waals surface area contributed by atoms with Crippen molar-refractivity contribution in [2.75, 3.05) is 26.2 Å². The molecule has 3 rings (SSSR count). The van der Waals surface area contributed by atoms with Crippen molar-refractivity contribution >= 4 is 5.91 Å². The van der Waals surface area contributed by atoms with E-state index in [-0.39, 0.29) is 5.91 Å². The minimum atomic E-state index is 0.174. The molecule has 0 saturated carbocycles. The minimum absolute atomic E-state index is 0.174. The summed E-state index contributed by atoms with van der Waals surface area (Å²) in [4.78, 5) is 20.9. The minimum Gasteiger partial charge on any atom is -0.341 e. The molecule has 1 amide bonds. The number of rotatable bonds is 4. The number of aromatic nitrogens is 1. The normalized spacial score (nSPS) is 15.4. The van der Waals surface area contributed by atoms with Gasteiger partial charge in [0.1, 0.15) is 0 Å². The summed E-state index contributed by atoms with van der Waals surface area (Å²) < 4.78 is 0. The van der Waals surface area contributed by atoms with Gasteiger partial charge in [-0.3, -0.25) is 14.7 Å². The van der Waals surface area contributed by atoms with E-state index < -0.39 is 0 Å². The second-order valence-electron chi connectivity index (χ2n) is 6.36. The molecule has 0 radical (unpaired) electrons. The first kappa shape index (κ1) is 17.1. The van der Waals surface area contributed by atoms with Crippen LogP contribution < -0.4 is 0 Å². The third kappa shape index (κ3) is 4.88. The average Bonchev–Trinajstić information content (AvgIpc) is 2.89. The van der Waals surface area contributed by atoms with Gasteiger partial charge in [-0.05, 0) is 35.7 Å². The van der Waals surface area contributed by atoms with E-state index in [0.29, 0.717) is 12.0 Å². The van der Waals surface area contributed by atoms with Crippen LogP contribution in [0.2, 0.25) is 0 Å². The monoisotopic (exact) mass is 334 g/mol. The van der Waals surface area contributed by atoms with E-state index >= 15 is 0 Å². The maximum atomic E-state index is 12.5. The molecule has 25 heavy (non-hydrogen) atoms. The summed E-state index contributed by atoms with van der Waals surface area (Å²) in [7, 11) is 0. The predicted octanol–water partition coefficient (Wildman–Crippen LogP) is 2.23. The first-order valence-electron chi connectivity index (χ1n) is 8.62. The Balaban J connectivity index is 1.53. The summed E-state index contributed by atoms with van der Waals surface area (Å²) in [5.74, 6) is 0.174. The lowest BCUT2D eigenvalue weighted by atomic mass is 10.1. The molecule has 1 aromatic carbocycles. The maximum Gasteiger partial charge on any atom is 0.227 e. The highest BCUT2D eigenvalue weighted by Crippen LogP contribution is 2.11. The predicted molar refractivity (Wildman–Crippen MR) is 95.6 cm³/mol. The van der Waals surface area contributed by atoms with Crippen LogP contribution in [0.5, 0.6) is 0 Å². The van der Waals surface area contributed by atoms with Crippen LogP contribution >= 0.6 is 0 Å². The highest BCUT2D eigenvalue weighted by atomic mass is 16.2. The van der Waals surface area contributed by atoms with E-state index in [0.717, 1.165) is 44.7 Å². The lowest BCUT2D eigenvalue weighted by molar-refractivity contribution is -0.130. The van der Waals surface area contributed by atoms with Gasteiger partial charge in [-0.1, -0.05) is 18.2 Å². The van der Waals surface area contributed by atoms with Crippen molar-refractivity contribution in [3.63, 3.8) is 0 Å². The summed E-state index contributed by atoms with van der Waals surface area (Å²) in [6.45, 7) is 4.28. The summed E-state index contributed by atoms with van der Waals surface area (Å²) in [6.07, 6.45) is 4.88. The standard InChI is InChI=1S/C20H22N4O/c21-14-17-4-6-18(7-5-17)16-23-9-2-10-24(12-11-23)20(25)13-19-3-1-8-22-15-19/h1,3-8,15H,2,9-13,16H2. The van der Waals surface area contributed by atoms with Crippen molar-refractivity contribution in [3.05, 3.63) is 65.5 Å². The fourth-order valence-electron chi connectivity index (χ4n) is 3.11. The molecule has 2 heterocycles. The lowest BCUT2D eigenvalue weighted by Gasteiger charge is -2.22. The van der Waals surface area contributed by atoms with Gasteiger partial charge in [0.05, 0.1) is 18.1 Å². The molecule has 2 aromatic rings. The number of pyridine rings is 1. The third-order valence-electron chi connectivity index (χ3n) is 4.51. The molecule has 0 atom stereocenters. The SMILES string of the molecule is N#Cc1ccc(CN2CCCN(C(=O)Cc3cccnc3)CC2)cc1. The van der Waals surface area contributed by atoms with Crippen LogP contribution in [0.3, 0.4) is 0 Å². The van der Waals surface area contributed by atoms with Crippen LogP contribution in [0.15, 0.2) is 48.8 Å². The van der Waals surface area contributed by atoms with Gasteiger partial charge in [-0.2, -0.15) is 5.26 Å². The largest absolute Gasteiger partial charge is 0.341 e. The van der Waals surface area contributed by atoms with E-state index in [1.165, 1.54) is 5.56 Å². The number of amides is 1. The highest BCUT2D eigenvalue weighted by Gasteiger charge is 2.19. The van der Waals surface area contributed by atoms with E-state index in [4.69, 9.17) is 5.26 Å². The summed E-state index contributed by atoms with van der Waals surface area (Å²) in [5.41, 5.74) is 2.85. The molecule has 1 aliphatic heterocycles. The fourth-order valence-corrected chi connectivity index (χ4v) is 3.11. The van der Waals surface area contributed by atoms with E-state index in [9.17, 15) is 4.79 Å². The molecular formula is C20H22N4O. The number of nitriles is 1. The van der Waals surface area contributed by atoms with Gasteiger partial charge in [-0.15, -0.1) is 0 Å². The number of nitrogens with zero attached hydrogens (tertiary/aromatic N) is 4. The van der Waals surface area contributed by atoms with Gasteiger partial charge in [0.25, 0.3) is 0 Å². The van der Waals surface area contributed by atoms with Gasteiger partial charge >= 0.3 is 0 Å². The van der Waals surface area contributed by atoms with Crippen LogP contribution in [0, 0.1) is 11.3 Å². The van der Waals surface area contributed by atoms with E-state index in [1.54, 1.807) is 12.4 Å². The Morgan fingerprint density at radius 2 is 1.92 bits per heavy atom. The number of hydrogen-bond acceptors (Lipinski definition) is 4. The smallest absolute Gasteiger partial charge is 0.227 e. The van der Waals surface area contributed by atoms with Crippen molar-refractivity contribution in [1.82, 2.24) is 14.8 Å². The molecule has 5 heteroatoms. The Hall–Kier alpha value is -2.71. The first-order chi connectivity index (χ1) is 12.2. The van der Waals surface area contributed by atoms with E-state index in [1.807, 2.05) is 41.3 Å². The average molecular weight is 334 g/mol. The van der Waals surface area contributed by atoms with Crippen molar-refractivity contribution in [3.8, 4) is 6.07 Å². The lowest BCUT2D eigenvalue weighted by Crippen LogP contribution is -2.36. The second kappa shape index (κ2) is 8.41. The third-order valence-corrected chi connectivity index (χ3v) is 4.51. The van der Waals surface area contributed by atoms with Crippen LogP contribution in [-0.2, 0) is 17.8 Å². The van der Waals surface area contributed by atoms with Gasteiger partial charge in [0.15, 0.2) is 0 Å². The number of hydrogen-bond donors (Lipinski definition) is 0.